The maximum absolute atomic E-state index is 12.6. The highest BCUT2D eigenvalue weighted by Crippen LogP contribution is 2.19. The monoisotopic (exact) mass is 381 g/mol. The minimum Gasteiger partial charge on any atom is -0.370 e. The summed E-state index contributed by atoms with van der Waals surface area (Å²) in [4.78, 5) is 20.1. The molecule has 6 heteroatoms. The van der Waals surface area contributed by atoms with Crippen LogP contribution in [0.2, 0.25) is 0 Å². The van der Waals surface area contributed by atoms with Crippen LogP contribution in [0.15, 0.2) is 73.1 Å². The van der Waals surface area contributed by atoms with Gasteiger partial charge in [-0.3, -0.25) is 4.79 Å². The van der Waals surface area contributed by atoms with Gasteiger partial charge in [0, 0.05) is 35.4 Å². The number of para-hydroxylation sites is 2. The molecule has 0 saturated carbocycles. The van der Waals surface area contributed by atoms with Gasteiger partial charge in [-0.1, -0.05) is 30.3 Å². The average molecular weight is 381 g/mol. The Morgan fingerprint density at radius 2 is 1.93 bits per heavy atom. The molecule has 0 aliphatic carbocycles. The minimum absolute atomic E-state index is 0.283. The molecule has 0 spiro atoms. The first-order valence-corrected chi connectivity index (χ1v) is 9.30. The second-order valence-corrected chi connectivity index (χ2v) is 6.58. The molecule has 0 saturated heterocycles. The van der Waals surface area contributed by atoms with E-state index in [1.54, 1.807) is 42.6 Å². The topological polar surface area (TPSA) is 93.6 Å². The van der Waals surface area contributed by atoms with Gasteiger partial charge >= 0.3 is 0 Å². The van der Waals surface area contributed by atoms with Gasteiger partial charge in [-0.15, -0.1) is 0 Å². The summed E-state index contributed by atoms with van der Waals surface area (Å²) in [5, 5.41) is 16.4. The number of nitrogens with zero attached hydrogens (tertiary/aromatic N) is 2. The fraction of sp³-hybridized carbons (Fsp3) is 0.0870. The lowest BCUT2D eigenvalue weighted by atomic mass is 10.1. The summed E-state index contributed by atoms with van der Waals surface area (Å²) in [6.45, 7) is 0.692. The molecule has 0 atom stereocenters. The maximum atomic E-state index is 12.6. The van der Waals surface area contributed by atoms with E-state index in [4.69, 9.17) is 5.26 Å². The number of aromatic nitrogens is 2. The van der Waals surface area contributed by atoms with Gasteiger partial charge in [0.05, 0.1) is 11.3 Å². The highest BCUT2D eigenvalue weighted by molar-refractivity contribution is 6.05. The van der Waals surface area contributed by atoms with Crippen molar-refractivity contribution in [1.29, 1.82) is 5.26 Å². The van der Waals surface area contributed by atoms with Gasteiger partial charge < -0.3 is 15.6 Å². The lowest BCUT2D eigenvalue weighted by Crippen LogP contribution is -2.14. The predicted octanol–water partition coefficient (Wildman–Crippen LogP) is 4.34. The van der Waals surface area contributed by atoms with Crippen molar-refractivity contribution in [3.8, 4) is 6.07 Å². The van der Waals surface area contributed by atoms with Crippen LogP contribution in [0.1, 0.15) is 21.5 Å². The molecular formula is C23H19N5O. The Labute approximate surface area is 168 Å². The summed E-state index contributed by atoms with van der Waals surface area (Å²) < 4.78 is 0. The fourth-order valence-electron chi connectivity index (χ4n) is 3.22. The smallest absolute Gasteiger partial charge is 0.255 e. The number of nitriles is 1. The quantitative estimate of drug-likeness (QED) is 0.463. The summed E-state index contributed by atoms with van der Waals surface area (Å²) in [7, 11) is 0. The zero-order valence-corrected chi connectivity index (χ0v) is 15.6. The Bertz CT molecular complexity index is 1210. The number of hydrogen-bond acceptors (Lipinski definition) is 4. The molecule has 0 unspecified atom stereocenters. The highest BCUT2D eigenvalue weighted by atomic mass is 16.1. The van der Waals surface area contributed by atoms with E-state index in [1.165, 1.54) is 10.9 Å². The van der Waals surface area contributed by atoms with Crippen molar-refractivity contribution < 1.29 is 4.79 Å². The average Bonchev–Trinajstić information content (AvgIpc) is 3.17. The minimum atomic E-state index is -0.283. The highest BCUT2D eigenvalue weighted by Gasteiger charge is 2.10. The molecule has 29 heavy (non-hydrogen) atoms. The summed E-state index contributed by atoms with van der Waals surface area (Å²) in [5.74, 6) is 0.348. The molecule has 6 nitrogen and oxygen atoms in total. The Balaban J connectivity index is 1.41. The van der Waals surface area contributed by atoms with Crippen LogP contribution < -0.4 is 10.6 Å². The lowest BCUT2D eigenvalue weighted by Gasteiger charge is -2.09. The number of rotatable bonds is 6. The van der Waals surface area contributed by atoms with Crippen LogP contribution in [0.3, 0.4) is 0 Å². The Kier molecular flexibility index (Phi) is 5.21. The zero-order valence-electron chi connectivity index (χ0n) is 15.6. The number of H-pyrrole nitrogens is 1. The van der Waals surface area contributed by atoms with Gasteiger partial charge in [-0.2, -0.15) is 5.26 Å². The SMILES string of the molecule is N#Cc1ccccc1NC(=O)c1ccnc(NCCc2c[nH]c3ccccc23)c1. The molecule has 4 rings (SSSR count). The predicted molar refractivity (Wildman–Crippen MR) is 114 cm³/mol. The molecule has 0 bridgehead atoms. The summed E-state index contributed by atoms with van der Waals surface area (Å²) in [6.07, 6.45) is 4.45. The number of pyridine rings is 1. The first-order chi connectivity index (χ1) is 14.2. The van der Waals surface area contributed by atoms with Crippen LogP contribution in [-0.2, 0) is 6.42 Å². The van der Waals surface area contributed by atoms with Crippen molar-refractivity contribution in [2.24, 2.45) is 0 Å². The Morgan fingerprint density at radius 3 is 2.83 bits per heavy atom. The molecule has 0 fully saturated rings. The van der Waals surface area contributed by atoms with E-state index >= 15 is 0 Å². The summed E-state index contributed by atoms with van der Waals surface area (Å²) in [6, 6.07) is 20.5. The number of carbonyl (C=O) groups is 1. The van der Waals surface area contributed by atoms with Crippen molar-refractivity contribution in [2.75, 3.05) is 17.2 Å². The normalized spacial score (nSPS) is 10.4. The van der Waals surface area contributed by atoms with Gasteiger partial charge in [-0.25, -0.2) is 4.98 Å². The zero-order chi connectivity index (χ0) is 20.1. The molecule has 3 N–H and O–H groups in total. The third-order valence-electron chi connectivity index (χ3n) is 4.69. The number of carbonyl (C=O) groups excluding carboxylic acids is 1. The first-order valence-electron chi connectivity index (χ1n) is 9.30. The molecular weight excluding hydrogens is 362 g/mol. The molecule has 142 valence electrons. The summed E-state index contributed by atoms with van der Waals surface area (Å²) >= 11 is 0. The van der Waals surface area contributed by atoms with Gasteiger partial charge in [0.25, 0.3) is 5.91 Å². The number of fused-ring (bicyclic) bond motifs is 1. The van der Waals surface area contributed by atoms with E-state index in [0.717, 1.165) is 11.9 Å². The standard InChI is InChI=1S/C23H19N5O/c24-14-17-5-1-3-7-20(17)28-23(29)16-9-11-25-22(13-16)26-12-10-18-15-27-21-8-4-2-6-19(18)21/h1-9,11,13,15,27H,10,12H2,(H,25,26)(H,28,29). The molecule has 1 amide bonds. The summed E-state index contributed by atoms with van der Waals surface area (Å²) in [5.41, 5.74) is 3.74. The van der Waals surface area contributed by atoms with E-state index in [1.807, 2.05) is 18.3 Å². The van der Waals surface area contributed by atoms with E-state index < -0.39 is 0 Å². The van der Waals surface area contributed by atoms with Crippen LogP contribution in [0.25, 0.3) is 10.9 Å². The number of aromatic amines is 1. The Hall–Kier alpha value is -4.11. The third-order valence-corrected chi connectivity index (χ3v) is 4.69. The van der Waals surface area contributed by atoms with Crippen LogP contribution >= 0.6 is 0 Å². The largest absolute Gasteiger partial charge is 0.370 e. The fourth-order valence-corrected chi connectivity index (χ4v) is 3.22. The molecule has 0 aliphatic rings. The van der Waals surface area contributed by atoms with E-state index in [-0.39, 0.29) is 5.91 Å². The van der Waals surface area contributed by atoms with Gasteiger partial charge in [0.2, 0.25) is 0 Å². The van der Waals surface area contributed by atoms with Gasteiger partial charge in [-0.05, 0) is 42.3 Å². The number of amides is 1. The maximum Gasteiger partial charge on any atom is 0.255 e. The van der Waals surface area contributed by atoms with Crippen molar-refractivity contribution in [3.05, 3.63) is 89.7 Å². The van der Waals surface area contributed by atoms with Crippen molar-refractivity contribution in [2.45, 2.75) is 6.42 Å². The molecule has 4 aromatic rings. The van der Waals surface area contributed by atoms with E-state index in [9.17, 15) is 4.79 Å². The van der Waals surface area contributed by atoms with E-state index in [0.29, 0.717) is 29.2 Å². The number of nitrogens with one attached hydrogen (secondary N) is 3. The third kappa shape index (κ3) is 4.09. The lowest BCUT2D eigenvalue weighted by molar-refractivity contribution is 0.102. The van der Waals surface area contributed by atoms with Crippen LogP contribution in [0, 0.1) is 11.3 Å². The van der Waals surface area contributed by atoms with E-state index in [2.05, 4.69) is 38.8 Å². The second-order valence-electron chi connectivity index (χ2n) is 6.58. The second kappa shape index (κ2) is 8.28. The number of benzene rings is 2. The molecule has 2 heterocycles. The molecule has 0 radical (unpaired) electrons. The van der Waals surface area contributed by atoms with Gasteiger partial charge in [0.15, 0.2) is 0 Å². The van der Waals surface area contributed by atoms with Crippen LogP contribution in [-0.4, -0.2) is 22.4 Å². The Morgan fingerprint density at radius 1 is 1.10 bits per heavy atom. The molecule has 2 aromatic heterocycles. The number of hydrogen-bond donors (Lipinski definition) is 3. The van der Waals surface area contributed by atoms with Crippen molar-refractivity contribution >= 4 is 28.3 Å². The number of anilines is 2. The van der Waals surface area contributed by atoms with Crippen molar-refractivity contribution in [3.63, 3.8) is 0 Å². The van der Waals surface area contributed by atoms with Gasteiger partial charge in [0.1, 0.15) is 11.9 Å². The molecule has 2 aromatic carbocycles. The van der Waals surface area contributed by atoms with Crippen molar-refractivity contribution in [1.82, 2.24) is 9.97 Å². The van der Waals surface area contributed by atoms with Crippen LogP contribution in [0.4, 0.5) is 11.5 Å². The molecule has 0 aliphatic heterocycles. The first kappa shape index (κ1) is 18.3. The van der Waals surface area contributed by atoms with Crippen LogP contribution in [0.5, 0.6) is 0 Å².